The van der Waals surface area contributed by atoms with Gasteiger partial charge in [-0.1, -0.05) is 49.4 Å². The van der Waals surface area contributed by atoms with Crippen LogP contribution in [0.3, 0.4) is 0 Å². The zero-order valence-electron chi connectivity index (χ0n) is 15.6. The predicted molar refractivity (Wildman–Crippen MR) is 105 cm³/mol. The smallest absolute Gasteiger partial charge is 0.119 e. The molecule has 0 saturated heterocycles. The van der Waals surface area contributed by atoms with E-state index in [0.717, 1.165) is 24.8 Å². The molecule has 2 nitrogen and oxygen atoms in total. The van der Waals surface area contributed by atoms with E-state index in [-0.39, 0.29) is 0 Å². The highest BCUT2D eigenvalue weighted by molar-refractivity contribution is 5.27. The van der Waals surface area contributed by atoms with Crippen molar-refractivity contribution in [3.8, 4) is 5.75 Å². The molecule has 3 atom stereocenters. The molecule has 3 rings (SSSR count). The minimum Gasteiger partial charge on any atom is -0.490 e. The predicted octanol–water partition coefficient (Wildman–Crippen LogP) is 5.36. The average Bonchev–Trinajstić information content (AvgIpc) is 2.63. The number of benzene rings is 2. The molecule has 0 aromatic heterocycles. The van der Waals surface area contributed by atoms with Crippen molar-refractivity contribution in [2.24, 2.45) is 11.8 Å². The molecule has 0 radical (unpaired) electrons. The summed E-state index contributed by atoms with van der Waals surface area (Å²) in [5.41, 5.74) is 2.63. The van der Waals surface area contributed by atoms with Gasteiger partial charge in [0.1, 0.15) is 5.75 Å². The van der Waals surface area contributed by atoms with Crippen molar-refractivity contribution in [2.75, 3.05) is 6.54 Å². The Kier molecular flexibility index (Phi) is 6.52. The van der Waals surface area contributed by atoms with Crippen molar-refractivity contribution in [2.45, 2.75) is 52.2 Å². The van der Waals surface area contributed by atoms with Gasteiger partial charge in [-0.25, -0.2) is 0 Å². The van der Waals surface area contributed by atoms with Gasteiger partial charge >= 0.3 is 0 Å². The maximum absolute atomic E-state index is 6.27. The van der Waals surface area contributed by atoms with E-state index in [2.05, 4.69) is 73.8 Å². The monoisotopic (exact) mass is 337 g/mol. The van der Waals surface area contributed by atoms with Crippen LogP contribution in [0.5, 0.6) is 5.75 Å². The van der Waals surface area contributed by atoms with Gasteiger partial charge in [0.15, 0.2) is 0 Å². The van der Waals surface area contributed by atoms with Crippen molar-refractivity contribution in [3.05, 3.63) is 65.7 Å². The van der Waals surface area contributed by atoms with Gasteiger partial charge in [0.05, 0.1) is 6.10 Å². The first-order chi connectivity index (χ1) is 12.2. The molecule has 2 aromatic rings. The van der Waals surface area contributed by atoms with Gasteiger partial charge in [0.25, 0.3) is 0 Å². The van der Waals surface area contributed by atoms with Crippen molar-refractivity contribution < 1.29 is 4.74 Å². The third kappa shape index (κ3) is 5.61. The summed E-state index contributed by atoms with van der Waals surface area (Å²) in [5, 5.41) is 3.63. The molecule has 25 heavy (non-hydrogen) atoms. The molecule has 2 heteroatoms. The lowest BCUT2D eigenvalue weighted by molar-refractivity contribution is 0.102. The molecule has 1 unspecified atom stereocenters. The number of rotatable bonds is 7. The number of hydrogen-bond acceptors (Lipinski definition) is 2. The van der Waals surface area contributed by atoms with Crippen LogP contribution >= 0.6 is 0 Å². The second-order valence-electron chi connectivity index (χ2n) is 7.58. The molecule has 134 valence electrons. The minimum absolute atomic E-state index is 0.372. The molecular weight excluding hydrogens is 306 g/mol. The fraction of sp³-hybridized carbons (Fsp3) is 0.478. The Balaban J connectivity index is 1.45. The third-order valence-corrected chi connectivity index (χ3v) is 5.40. The first-order valence-electron chi connectivity index (χ1n) is 9.68. The Bertz CT molecular complexity index is 640. The summed E-state index contributed by atoms with van der Waals surface area (Å²) in [5.74, 6) is 2.47. The Morgan fingerprint density at radius 1 is 1.08 bits per heavy atom. The number of hydrogen-bond donors (Lipinski definition) is 1. The van der Waals surface area contributed by atoms with E-state index in [9.17, 15) is 0 Å². The molecule has 0 heterocycles. The molecule has 1 aliphatic carbocycles. The Labute approximate surface area is 152 Å². The number of nitrogens with one attached hydrogen (secondary N) is 1. The van der Waals surface area contributed by atoms with Crippen LogP contribution in [-0.2, 0) is 6.54 Å². The highest BCUT2D eigenvalue weighted by atomic mass is 16.5. The lowest BCUT2D eigenvalue weighted by Gasteiger charge is -2.33. The second kappa shape index (κ2) is 9.05. The standard InChI is InChI=1S/C23H31NO/c1-18-8-6-12-22(14-18)25-23-13-7-11-21(15-23)19(2)16-24-17-20-9-4-3-5-10-20/h3-6,8-10,12,14,19,21,23-24H,7,11,13,15-17H2,1-2H3/t19?,21-,23+/m0/s1. The summed E-state index contributed by atoms with van der Waals surface area (Å²) in [6.07, 6.45) is 5.36. The highest BCUT2D eigenvalue weighted by Gasteiger charge is 2.27. The largest absolute Gasteiger partial charge is 0.490 e. The Morgan fingerprint density at radius 3 is 2.72 bits per heavy atom. The maximum Gasteiger partial charge on any atom is 0.119 e. The number of aryl methyl sites for hydroxylation is 1. The molecule has 0 aliphatic heterocycles. The molecule has 1 aliphatic rings. The van der Waals surface area contributed by atoms with Crippen LogP contribution in [0.1, 0.15) is 43.7 Å². The van der Waals surface area contributed by atoms with Gasteiger partial charge in [-0.15, -0.1) is 0 Å². The molecule has 2 aromatic carbocycles. The molecule has 0 spiro atoms. The van der Waals surface area contributed by atoms with E-state index in [0.29, 0.717) is 12.0 Å². The van der Waals surface area contributed by atoms with Crippen molar-refractivity contribution in [1.82, 2.24) is 5.32 Å². The molecular formula is C23H31NO. The summed E-state index contributed by atoms with van der Waals surface area (Å²) in [6.45, 7) is 6.55. The van der Waals surface area contributed by atoms with Crippen LogP contribution in [-0.4, -0.2) is 12.6 Å². The molecule has 0 bridgehead atoms. The minimum atomic E-state index is 0.372. The van der Waals surface area contributed by atoms with Gasteiger partial charge in [-0.2, -0.15) is 0 Å². The molecule has 0 amide bonds. The quantitative estimate of drug-likeness (QED) is 0.734. The van der Waals surface area contributed by atoms with Gasteiger partial charge in [0, 0.05) is 6.54 Å². The van der Waals surface area contributed by atoms with Crippen LogP contribution in [0, 0.1) is 18.8 Å². The van der Waals surface area contributed by atoms with Crippen molar-refractivity contribution in [3.63, 3.8) is 0 Å². The van der Waals surface area contributed by atoms with E-state index in [1.165, 1.54) is 36.8 Å². The summed E-state index contributed by atoms with van der Waals surface area (Å²) in [4.78, 5) is 0. The van der Waals surface area contributed by atoms with E-state index in [1.807, 2.05) is 0 Å². The first kappa shape index (κ1) is 18.0. The number of ether oxygens (including phenoxy) is 1. The maximum atomic E-state index is 6.27. The van der Waals surface area contributed by atoms with E-state index in [4.69, 9.17) is 4.74 Å². The second-order valence-corrected chi connectivity index (χ2v) is 7.58. The summed E-state index contributed by atoms with van der Waals surface area (Å²) in [7, 11) is 0. The van der Waals surface area contributed by atoms with Gasteiger partial charge < -0.3 is 10.1 Å². The van der Waals surface area contributed by atoms with E-state index < -0.39 is 0 Å². The lowest BCUT2D eigenvalue weighted by atomic mass is 9.79. The van der Waals surface area contributed by atoms with Crippen LogP contribution in [0.4, 0.5) is 0 Å². The summed E-state index contributed by atoms with van der Waals surface area (Å²) in [6, 6.07) is 19.1. The SMILES string of the molecule is Cc1cccc(O[C@@H]2CCC[C@H](C(C)CNCc3ccccc3)C2)c1. The van der Waals surface area contributed by atoms with E-state index in [1.54, 1.807) is 0 Å². The lowest BCUT2D eigenvalue weighted by Crippen LogP contribution is -2.33. The van der Waals surface area contributed by atoms with Gasteiger partial charge in [-0.3, -0.25) is 0 Å². The molecule has 1 fully saturated rings. The molecule has 1 N–H and O–H groups in total. The first-order valence-corrected chi connectivity index (χ1v) is 9.68. The summed E-state index contributed by atoms with van der Waals surface area (Å²) < 4.78 is 6.27. The Hall–Kier alpha value is -1.80. The van der Waals surface area contributed by atoms with Crippen LogP contribution in [0.15, 0.2) is 54.6 Å². The van der Waals surface area contributed by atoms with Gasteiger partial charge in [-0.05, 0) is 74.2 Å². The van der Waals surface area contributed by atoms with Crippen LogP contribution in [0.25, 0.3) is 0 Å². The van der Waals surface area contributed by atoms with E-state index >= 15 is 0 Å². The topological polar surface area (TPSA) is 21.3 Å². The van der Waals surface area contributed by atoms with Crippen molar-refractivity contribution in [1.29, 1.82) is 0 Å². The van der Waals surface area contributed by atoms with Crippen molar-refractivity contribution >= 4 is 0 Å². The zero-order valence-corrected chi connectivity index (χ0v) is 15.6. The zero-order chi connectivity index (χ0) is 17.5. The van der Waals surface area contributed by atoms with Crippen LogP contribution < -0.4 is 10.1 Å². The van der Waals surface area contributed by atoms with Crippen LogP contribution in [0.2, 0.25) is 0 Å². The highest BCUT2D eigenvalue weighted by Crippen LogP contribution is 2.32. The normalized spacial score (nSPS) is 21.7. The molecule has 1 saturated carbocycles. The Morgan fingerprint density at radius 2 is 1.92 bits per heavy atom. The summed E-state index contributed by atoms with van der Waals surface area (Å²) >= 11 is 0. The fourth-order valence-electron chi connectivity index (χ4n) is 3.89. The average molecular weight is 338 g/mol. The fourth-order valence-corrected chi connectivity index (χ4v) is 3.89. The van der Waals surface area contributed by atoms with Gasteiger partial charge in [0.2, 0.25) is 0 Å². The third-order valence-electron chi connectivity index (χ3n) is 5.40.